The Labute approximate surface area is 90.9 Å². The molecule has 0 saturated heterocycles. The molecule has 0 aliphatic rings. The molecule has 0 unspecified atom stereocenters. The number of unbranched alkanes of at least 4 members (excludes halogenated alkanes) is 1. The number of imidazole rings is 1. The zero-order valence-corrected chi connectivity index (χ0v) is 8.45. The molecule has 2 rings (SSSR count). The van der Waals surface area contributed by atoms with E-state index in [4.69, 9.17) is 5.26 Å². The van der Waals surface area contributed by atoms with E-state index in [1.54, 1.807) is 4.57 Å². The van der Waals surface area contributed by atoms with Gasteiger partial charge in [0.1, 0.15) is 0 Å². The second-order valence-corrected chi connectivity index (χ2v) is 3.45. The van der Waals surface area contributed by atoms with Gasteiger partial charge in [0.05, 0.1) is 23.4 Å². The zero-order valence-electron chi connectivity index (χ0n) is 8.45. The highest BCUT2D eigenvalue weighted by Gasteiger charge is 2.08. The fourth-order valence-electron chi connectivity index (χ4n) is 1.56. The van der Waals surface area contributed by atoms with Crippen molar-refractivity contribution in [1.29, 1.82) is 5.26 Å². The number of hydrogen-bond acceptors (Lipinski definition) is 2. The first-order valence-electron chi connectivity index (χ1n) is 4.89. The summed E-state index contributed by atoms with van der Waals surface area (Å²) in [5.41, 5.74) is 0.979. The average Bonchev–Trinajstić information content (AvgIpc) is 2.63. The maximum absolute atomic E-state index is 13.0. The number of aryl methyl sites for hydroxylation is 1. The van der Waals surface area contributed by atoms with Crippen molar-refractivity contribution in [3.8, 4) is 6.07 Å². The minimum Gasteiger partial charge on any atom is -0.330 e. The number of nitriles is 1. The van der Waals surface area contributed by atoms with Gasteiger partial charge in [-0.25, -0.2) is 13.8 Å². The van der Waals surface area contributed by atoms with Crippen molar-refractivity contribution in [2.45, 2.75) is 19.4 Å². The summed E-state index contributed by atoms with van der Waals surface area (Å²) < 4.78 is 27.6. The van der Waals surface area contributed by atoms with Gasteiger partial charge in [-0.3, -0.25) is 0 Å². The summed E-state index contributed by atoms with van der Waals surface area (Å²) in [5, 5.41) is 8.40. The second-order valence-electron chi connectivity index (χ2n) is 3.45. The van der Waals surface area contributed by atoms with Crippen molar-refractivity contribution in [2.75, 3.05) is 0 Å². The Morgan fingerprint density at radius 2 is 2.06 bits per heavy atom. The van der Waals surface area contributed by atoms with Crippen molar-refractivity contribution < 1.29 is 8.78 Å². The van der Waals surface area contributed by atoms with Gasteiger partial charge in [0.2, 0.25) is 0 Å². The number of nitrogens with zero attached hydrogens (tertiary/aromatic N) is 3. The van der Waals surface area contributed by atoms with E-state index in [-0.39, 0.29) is 0 Å². The first-order chi connectivity index (χ1) is 7.72. The molecule has 0 N–H and O–H groups in total. The molecule has 1 aromatic carbocycles. The predicted octanol–water partition coefficient (Wildman–Crippen LogP) is 2.62. The van der Waals surface area contributed by atoms with Crippen LogP contribution in [0.3, 0.4) is 0 Å². The van der Waals surface area contributed by atoms with Crippen LogP contribution in [0.2, 0.25) is 0 Å². The number of halogens is 2. The van der Waals surface area contributed by atoms with Crippen molar-refractivity contribution in [3.63, 3.8) is 0 Å². The molecule has 0 aliphatic heterocycles. The molecule has 82 valence electrons. The van der Waals surface area contributed by atoms with Crippen molar-refractivity contribution in [1.82, 2.24) is 9.55 Å². The van der Waals surface area contributed by atoms with E-state index in [9.17, 15) is 8.78 Å². The van der Waals surface area contributed by atoms with Gasteiger partial charge in [0, 0.05) is 25.1 Å². The Morgan fingerprint density at radius 3 is 2.81 bits per heavy atom. The summed E-state index contributed by atoms with van der Waals surface area (Å²) >= 11 is 0. The monoisotopic (exact) mass is 221 g/mol. The van der Waals surface area contributed by atoms with Gasteiger partial charge in [0.25, 0.3) is 0 Å². The quantitative estimate of drug-likeness (QED) is 0.747. The minimum absolute atomic E-state index is 0.427. The molecule has 0 spiro atoms. The molecular formula is C11H9F2N3. The summed E-state index contributed by atoms with van der Waals surface area (Å²) in [7, 11) is 0. The fourth-order valence-corrected chi connectivity index (χ4v) is 1.56. The number of benzene rings is 1. The summed E-state index contributed by atoms with van der Waals surface area (Å²) in [6, 6.07) is 4.23. The maximum Gasteiger partial charge on any atom is 0.161 e. The van der Waals surface area contributed by atoms with Crippen LogP contribution in [-0.4, -0.2) is 9.55 Å². The Kier molecular flexibility index (Phi) is 2.82. The van der Waals surface area contributed by atoms with Crippen LogP contribution < -0.4 is 0 Å². The van der Waals surface area contributed by atoms with Crippen LogP contribution in [-0.2, 0) is 6.54 Å². The summed E-state index contributed by atoms with van der Waals surface area (Å²) in [6.45, 7) is 0.579. The van der Waals surface area contributed by atoms with Gasteiger partial charge >= 0.3 is 0 Å². The number of rotatable bonds is 3. The van der Waals surface area contributed by atoms with Crippen LogP contribution in [0.5, 0.6) is 0 Å². The molecule has 3 nitrogen and oxygen atoms in total. The van der Waals surface area contributed by atoms with Crippen LogP contribution in [0, 0.1) is 23.0 Å². The molecule has 1 aromatic heterocycles. The van der Waals surface area contributed by atoms with E-state index >= 15 is 0 Å². The molecule has 0 fully saturated rings. The normalized spacial score (nSPS) is 10.6. The van der Waals surface area contributed by atoms with Gasteiger partial charge in [-0.15, -0.1) is 0 Å². The van der Waals surface area contributed by atoms with E-state index in [2.05, 4.69) is 4.98 Å². The molecule has 0 bridgehead atoms. The van der Waals surface area contributed by atoms with E-state index in [1.807, 2.05) is 6.07 Å². The van der Waals surface area contributed by atoms with Crippen LogP contribution in [0.15, 0.2) is 18.5 Å². The number of fused-ring (bicyclic) bond motifs is 1. The highest BCUT2D eigenvalue weighted by Crippen LogP contribution is 2.17. The number of hydrogen-bond donors (Lipinski definition) is 0. The van der Waals surface area contributed by atoms with E-state index < -0.39 is 11.6 Å². The SMILES string of the molecule is N#CCCCn1cnc2cc(F)c(F)cc21. The Hall–Kier alpha value is -1.96. The molecule has 16 heavy (non-hydrogen) atoms. The molecule has 5 heteroatoms. The topological polar surface area (TPSA) is 41.6 Å². The van der Waals surface area contributed by atoms with Crippen LogP contribution in [0.25, 0.3) is 11.0 Å². The molecule has 2 aromatic rings. The van der Waals surface area contributed by atoms with Crippen molar-refractivity contribution in [2.24, 2.45) is 0 Å². The first-order valence-corrected chi connectivity index (χ1v) is 4.89. The lowest BCUT2D eigenvalue weighted by Gasteiger charge is -2.01. The lowest BCUT2D eigenvalue weighted by molar-refractivity contribution is 0.510. The van der Waals surface area contributed by atoms with E-state index in [0.29, 0.717) is 30.4 Å². The predicted molar refractivity (Wildman–Crippen MR) is 54.5 cm³/mol. The first kappa shape index (κ1) is 10.6. The standard InChI is InChI=1S/C11H9F2N3/c12-8-5-10-11(6-9(8)13)16(7-15-10)4-2-1-3-14/h5-7H,1-2,4H2. The van der Waals surface area contributed by atoms with Gasteiger partial charge in [-0.05, 0) is 6.42 Å². The fraction of sp³-hybridized carbons (Fsp3) is 0.273. The molecular weight excluding hydrogens is 212 g/mol. The van der Waals surface area contributed by atoms with Crippen LogP contribution in [0.1, 0.15) is 12.8 Å². The number of aromatic nitrogens is 2. The lowest BCUT2D eigenvalue weighted by Crippen LogP contribution is -1.96. The van der Waals surface area contributed by atoms with Gasteiger partial charge in [-0.2, -0.15) is 5.26 Å². The minimum atomic E-state index is -0.894. The Balaban J connectivity index is 2.33. The van der Waals surface area contributed by atoms with E-state index in [0.717, 1.165) is 12.1 Å². The Bertz CT molecular complexity index is 554. The highest BCUT2D eigenvalue weighted by atomic mass is 19.2. The third kappa shape index (κ3) is 1.87. The van der Waals surface area contributed by atoms with Gasteiger partial charge in [-0.1, -0.05) is 0 Å². The summed E-state index contributed by atoms with van der Waals surface area (Å²) in [5.74, 6) is -1.77. The molecule has 0 amide bonds. The lowest BCUT2D eigenvalue weighted by atomic mass is 10.3. The maximum atomic E-state index is 13.0. The largest absolute Gasteiger partial charge is 0.330 e. The zero-order chi connectivity index (χ0) is 11.5. The van der Waals surface area contributed by atoms with Crippen LogP contribution >= 0.6 is 0 Å². The van der Waals surface area contributed by atoms with Crippen molar-refractivity contribution in [3.05, 3.63) is 30.1 Å². The molecule has 1 heterocycles. The molecule has 0 atom stereocenters. The van der Waals surface area contributed by atoms with Crippen molar-refractivity contribution >= 4 is 11.0 Å². The third-order valence-electron chi connectivity index (χ3n) is 2.35. The van der Waals surface area contributed by atoms with Gasteiger partial charge in [0.15, 0.2) is 11.6 Å². The summed E-state index contributed by atoms with van der Waals surface area (Å²) in [4.78, 5) is 3.97. The smallest absolute Gasteiger partial charge is 0.161 e. The molecule has 0 radical (unpaired) electrons. The molecule has 0 aliphatic carbocycles. The van der Waals surface area contributed by atoms with Crippen LogP contribution in [0.4, 0.5) is 8.78 Å². The Morgan fingerprint density at radius 1 is 1.31 bits per heavy atom. The van der Waals surface area contributed by atoms with E-state index in [1.165, 1.54) is 6.33 Å². The molecule has 0 saturated carbocycles. The highest BCUT2D eigenvalue weighted by molar-refractivity contribution is 5.75. The van der Waals surface area contributed by atoms with Gasteiger partial charge < -0.3 is 4.57 Å². The summed E-state index contributed by atoms with van der Waals surface area (Å²) in [6.07, 6.45) is 2.63. The third-order valence-corrected chi connectivity index (χ3v) is 2.35. The second kappa shape index (κ2) is 4.27. The average molecular weight is 221 g/mol.